The van der Waals surface area contributed by atoms with Crippen LogP contribution in [0.25, 0.3) is 0 Å². The Balaban J connectivity index is 2.96. The predicted octanol–water partition coefficient (Wildman–Crippen LogP) is 6.09. The van der Waals surface area contributed by atoms with Gasteiger partial charge in [-0.05, 0) is 30.7 Å². The number of rotatable bonds is 8. The van der Waals surface area contributed by atoms with Crippen molar-refractivity contribution in [1.29, 1.82) is 0 Å². The van der Waals surface area contributed by atoms with E-state index in [1.807, 2.05) is 6.92 Å². The lowest BCUT2D eigenvalue weighted by molar-refractivity contribution is -0.138. The summed E-state index contributed by atoms with van der Waals surface area (Å²) >= 11 is 3.13. The lowest BCUT2D eigenvalue weighted by Crippen LogP contribution is -2.24. The molecule has 1 N–H and O–H groups in total. The van der Waals surface area contributed by atoms with E-state index in [4.69, 9.17) is 0 Å². The maximum Gasteiger partial charge on any atom is 0.416 e. The molecule has 21 heavy (non-hydrogen) atoms. The lowest BCUT2D eigenvalue weighted by Gasteiger charge is -2.23. The predicted molar refractivity (Wildman–Crippen MR) is 84.3 cm³/mol. The smallest absolute Gasteiger partial charge is 0.310 e. The molecule has 1 atom stereocenters. The normalized spacial score (nSPS) is 13.4. The number of unbranched alkanes of at least 4 members (excludes halogenated alkanes) is 3. The van der Waals surface area contributed by atoms with E-state index in [0.29, 0.717) is 16.6 Å². The molecule has 0 aromatic heterocycles. The van der Waals surface area contributed by atoms with Gasteiger partial charge in [0.2, 0.25) is 0 Å². The highest BCUT2D eigenvalue weighted by atomic mass is 79.9. The molecule has 1 aromatic rings. The SMILES string of the molecule is CCCCCCC(NCC)c1ccc(Br)cc1C(F)(F)F. The summed E-state index contributed by atoms with van der Waals surface area (Å²) in [6.45, 7) is 4.70. The molecule has 0 fully saturated rings. The molecule has 0 bridgehead atoms. The molecule has 120 valence electrons. The van der Waals surface area contributed by atoms with Crippen LogP contribution in [0.4, 0.5) is 13.2 Å². The van der Waals surface area contributed by atoms with E-state index in [9.17, 15) is 13.2 Å². The van der Waals surface area contributed by atoms with Crippen molar-refractivity contribution in [1.82, 2.24) is 5.32 Å². The van der Waals surface area contributed by atoms with Gasteiger partial charge in [-0.1, -0.05) is 61.5 Å². The molecule has 5 heteroatoms. The van der Waals surface area contributed by atoms with Crippen molar-refractivity contribution in [2.75, 3.05) is 6.54 Å². The molecule has 1 unspecified atom stereocenters. The average molecular weight is 366 g/mol. The van der Waals surface area contributed by atoms with Crippen LogP contribution in [0.5, 0.6) is 0 Å². The topological polar surface area (TPSA) is 12.0 Å². The fourth-order valence-corrected chi connectivity index (χ4v) is 2.83. The molecule has 0 aliphatic heterocycles. The summed E-state index contributed by atoms with van der Waals surface area (Å²) in [7, 11) is 0. The maximum absolute atomic E-state index is 13.2. The second-order valence-electron chi connectivity index (χ2n) is 5.19. The van der Waals surface area contributed by atoms with Crippen molar-refractivity contribution in [3.05, 3.63) is 33.8 Å². The second-order valence-corrected chi connectivity index (χ2v) is 6.10. The third kappa shape index (κ3) is 5.99. The number of benzene rings is 1. The van der Waals surface area contributed by atoms with Crippen LogP contribution in [0.1, 0.15) is 63.1 Å². The van der Waals surface area contributed by atoms with E-state index < -0.39 is 11.7 Å². The van der Waals surface area contributed by atoms with Crippen LogP contribution in [-0.2, 0) is 6.18 Å². The average Bonchev–Trinajstić information content (AvgIpc) is 2.41. The van der Waals surface area contributed by atoms with Crippen molar-refractivity contribution >= 4 is 15.9 Å². The van der Waals surface area contributed by atoms with E-state index in [1.54, 1.807) is 12.1 Å². The summed E-state index contributed by atoms with van der Waals surface area (Å²) in [5.74, 6) is 0. The maximum atomic E-state index is 13.2. The van der Waals surface area contributed by atoms with Crippen molar-refractivity contribution < 1.29 is 13.2 Å². The zero-order valence-corrected chi connectivity index (χ0v) is 14.1. The zero-order chi connectivity index (χ0) is 15.9. The van der Waals surface area contributed by atoms with Gasteiger partial charge in [-0.25, -0.2) is 0 Å². The quantitative estimate of drug-likeness (QED) is 0.549. The molecule has 0 spiro atoms. The van der Waals surface area contributed by atoms with Crippen LogP contribution >= 0.6 is 15.9 Å². The van der Waals surface area contributed by atoms with Crippen LogP contribution in [0.15, 0.2) is 22.7 Å². The van der Waals surface area contributed by atoms with E-state index in [0.717, 1.165) is 32.1 Å². The molecule has 0 heterocycles. The second kappa shape index (κ2) is 8.79. The number of nitrogens with one attached hydrogen (secondary N) is 1. The van der Waals surface area contributed by atoms with Gasteiger partial charge in [-0.15, -0.1) is 0 Å². The Labute approximate surface area is 133 Å². The molecular weight excluding hydrogens is 343 g/mol. The Morgan fingerprint density at radius 2 is 1.86 bits per heavy atom. The van der Waals surface area contributed by atoms with E-state index >= 15 is 0 Å². The van der Waals surface area contributed by atoms with Gasteiger partial charge < -0.3 is 5.32 Å². The Kier molecular flexibility index (Phi) is 7.74. The minimum absolute atomic E-state index is 0.239. The number of hydrogen-bond donors (Lipinski definition) is 1. The summed E-state index contributed by atoms with van der Waals surface area (Å²) < 4.78 is 40.1. The van der Waals surface area contributed by atoms with E-state index in [2.05, 4.69) is 28.2 Å². The van der Waals surface area contributed by atoms with Gasteiger partial charge in [0.05, 0.1) is 5.56 Å². The van der Waals surface area contributed by atoms with Crippen LogP contribution in [-0.4, -0.2) is 6.54 Å². The van der Waals surface area contributed by atoms with E-state index in [1.165, 1.54) is 6.07 Å². The number of halogens is 4. The Morgan fingerprint density at radius 3 is 2.43 bits per heavy atom. The molecular formula is C16H23BrF3N. The first kappa shape index (κ1) is 18.5. The largest absolute Gasteiger partial charge is 0.416 e. The van der Waals surface area contributed by atoms with E-state index in [-0.39, 0.29) is 6.04 Å². The Bertz CT molecular complexity index is 432. The van der Waals surface area contributed by atoms with Crippen molar-refractivity contribution in [2.24, 2.45) is 0 Å². The molecule has 0 radical (unpaired) electrons. The molecule has 0 saturated heterocycles. The molecule has 0 amide bonds. The first-order valence-corrected chi connectivity index (χ1v) is 8.29. The van der Waals surface area contributed by atoms with Crippen molar-refractivity contribution in [3.63, 3.8) is 0 Å². The fraction of sp³-hybridized carbons (Fsp3) is 0.625. The standard InChI is InChI=1S/C16H23BrF3N/c1-3-5-6-7-8-15(21-4-2)13-10-9-12(17)11-14(13)16(18,19)20/h9-11,15,21H,3-8H2,1-2H3. The minimum Gasteiger partial charge on any atom is -0.310 e. The molecule has 0 saturated carbocycles. The number of hydrogen-bond acceptors (Lipinski definition) is 1. The molecule has 0 aliphatic rings. The van der Waals surface area contributed by atoms with Gasteiger partial charge in [0.15, 0.2) is 0 Å². The summed E-state index contributed by atoms with van der Waals surface area (Å²) in [4.78, 5) is 0. The first-order chi connectivity index (χ1) is 9.90. The van der Waals surface area contributed by atoms with Gasteiger partial charge in [0.1, 0.15) is 0 Å². The van der Waals surface area contributed by atoms with Crippen molar-refractivity contribution in [3.8, 4) is 0 Å². The number of alkyl halides is 3. The highest BCUT2D eigenvalue weighted by molar-refractivity contribution is 9.10. The zero-order valence-electron chi connectivity index (χ0n) is 12.6. The van der Waals surface area contributed by atoms with Gasteiger partial charge in [-0.2, -0.15) is 13.2 Å². The van der Waals surface area contributed by atoms with Gasteiger partial charge >= 0.3 is 6.18 Å². The molecule has 1 aromatic carbocycles. The van der Waals surface area contributed by atoms with Crippen molar-refractivity contribution in [2.45, 2.75) is 58.2 Å². The molecule has 1 nitrogen and oxygen atoms in total. The Hall–Kier alpha value is -0.550. The highest BCUT2D eigenvalue weighted by Gasteiger charge is 2.35. The third-order valence-electron chi connectivity index (χ3n) is 3.49. The first-order valence-electron chi connectivity index (χ1n) is 7.50. The molecule has 0 aliphatic carbocycles. The molecule has 1 rings (SSSR count). The van der Waals surface area contributed by atoms with Gasteiger partial charge in [0, 0.05) is 10.5 Å². The van der Waals surface area contributed by atoms with Gasteiger partial charge in [-0.3, -0.25) is 0 Å². The van der Waals surface area contributed by atoms with Gasteiger partial charge in [0.25, 0.3) is 0 Å². The minimum atomic E-state index is -4.32. The summed E-state index contributed by atoms with van der Waals surface area (Å²) in [5, 5.41) is 3.19. The Morgan fingerprint density at radius 1 is 1.14 bits per heavy atom. The summed E-state index contributed by atoms with van der Waals surface area (Å²) in [6.07, 6.45) is 0.674. The lowest BCUT2D eigenvalue weighted by atomic mass is 9.95. The van der Waals surface area contributed by atoms with Crippen LogP contribution in [0, 0.1) is 0 Å². The fourth-order valence-electron chi connectivity index (χ4n) is 2.47. The monoisotopic (exact) mass is 365 g/mol. The van der Waals surface area contributed by atoms with Crippen LogP contribution < -0.4 is 5.32 Å². The summed E-state index contributed by atoms with van der Waals surface area (Å²) in [5.41, 5.74) is -0.192. The third-order valence-corrected chi connectivity index (χ3v) is 3.99. The highest BCUT2D eigenvalue weighted by Crippen LogP contribution is 2.37. The summed E-state index contributed by atoms with van der Waals surface area (Å²) in [6, 6.07) is 4.20. The van der Waals surface area contributed by atoms with Crippen LogP contribution in [0.3, 0.4) is 0 Å². The van der Waals surface area contributed by atoms with Crippen LogP contribution in [0.2, 0.25) is 0 Å².